The standard InChI is InChI=1S/C15H14N2O6/c18-12-8-5-9(13(12)19)11-10(8)14(20)16(15(11)21)6-2-1-3-7(4-6)17(22)23/h1-4,8-13,18-19H,5H2/t8-,9-,10-,11+,12-,13+/m1/s1. The van der Waals surface area contributed by atoms with E-state index in [4.69, 9.17) is 0 Å². The first-order chi connectivity index (χ1) is 10.9. The monoisotopic (exact) mass is 318 g/mol. The van der Waals surface area contributed by atoms with Crippen molar-refractivity contribution >= 4 is 23.2 Å². The second-order valence-electron chi connectivity index (χ2n) is 6.39. The van der Waals surface area contributed by atoms with Gasteiger partial charge in [0.05, 0.1) is 34.7 Å². The Labute approximate surface area is 130 Å². The summed E-state index contributed by atoms with van der Waals surface area (Å²) in [6.07, 6.45) is -1.54. The highest BCUT2D eigenvalue weighted by molar-refractivity contribution is 6.22. The van der Waals surface area contributed by atoms with Crippen LogP contribution in [0.1, 0.15) is 6.42 Å². The quantitative estimate of drug-likeness (QED) is 0.452. The van der Waals surface area contributed by atoms with Crippen molar-refractivity contribution in [3.8, 4) is 0 Å². The number of anilines is 1. The van der Waals surface area contributed by atoms with Crippen molar-refractivity contribution < 1.29 is 24.7 Å². The number of fused-ring (bicyclic) bond motifs is 5. The number of carbonyl (C=O) groups is 2. The van der Waals surface area contributed by atoms with Crippen molar-refractivity contribution in [3.63, 3.8) is 0 Å². The third-order valence-electron chi connectivity index (χ3n) is 5.39. The zero-order chi connectivity index (χ0) is 16.5. The number of aliphatic hydroxyl groups is 2. The van der Waals surface area contributed by atoms with E-state index in [1.807, 2.05) is 0 Å². The Hall–Kier alpha value is -2.32. The molecule has 1 heterocycles. The highest BCUT2D eigenvalue weighted by Gasteiger charge is 2.67. The molecule has 2 amide bonds. The minimum Gasteiger partial charge on any atom is -0.390 e. The van der Waals surface area contributed by atoms with Crippen LogP contribution < -0.4 is 4.90 Å². The summed E-state index contributed by atoms with van der Waals surface area (Å²) in [5.41, 5.74) is -0.0461. The zero-order valence-electron chi connectivity index (χ0n) is 11.9. The normalized spacial score (nSPS) is 38.3. The van der Waals surface area contributed by atoms with Gasteiger partial charge in [0.1, 0.15) is 0 Å². The van der Waals surface area contributed by atoms with Gasteiger partial charge in [-0.1, -0.05) is 6.07 Å². The smallest absolute Gasteiger partial charge is 0.271 e. The van der Waals surface area contributed by atoms with Crippen LogP contribution in [-0.4, -0.2) is 39.2 Å². The number of amides is 2. The van der Waals surface area contributed by atoms with Gasteiger partial charge in [0.25, 0.3) is 5.69 Å². The third-order valence-corrected chi connectivity index (χ3v) is 5.39. The predicted molar refractivity (Wildman–Crippen MR) is 76.2 cm³/mol. The van der Waals surface area contributed by atoms with Gasteiger partial charge in [0.2, 0.25) is 11.8 Å². The summed E-state index contributed by atoms with van der Waals surface area (Å²) in [5.74, 6) is -3.05. The summed E-state index contributed by atoms with van der Waals surface area (Å²) in [4.78, 5) is 36.6. The number of hydrogen-bond donors (Lipinski definition) is 2. The van der Waals surface area contributed by atoms with E-state index in [0.29, 0.717) is 6.42 Å². The first kappa shape index (κ1) is 14.3. The summed E-state index contributed by atoms with van der Waals surface area (Å²) in [5, 5.41) is 30.9. The van der Waals surface area contributed by atoms with Gasteiger partial charge in [-0.15, -0.1) is 0 Å². The number of carbonyl (C=O) groups excluding carboxylic acids is 2. The SMILES string of the molecule is O=C1[C@@H]2[C@H]3C[C@@H]([C@H](O)[C@@H]3O)[C@@H]2C(=O)N1c1cccc([N+](=O)[O-])c1. The Bertz CT molecular complexity index is 702. The Morgan fingerprint density at radius 3 is 2.17 bits per heavy atom. The van der Waals surface area contributed by atoms with E-state index in [0.717, 1.165) is 4.90 Å². The number of non-ortho nitro benzene ring substituents is 1. The van der Waals surface area contributed by atoms with Crippen molar-refractivity contribution in [1.29, 1.82) is 0 Å². The van der Waals surface area contributed by atoms with Crippen LogP contribution in [0.3, 0.4) is 0 Å². The molecule has 0 unspecified atom stereocenters. The van der Waals surface area contributed by atoms with Crippen molar-refractivity contribution in [2.45, 2.75) is 18.6 Å². The highest BCUT2D eigenvalue weighted by Crippen LogP contribution is 2.56. The molecular weight excluding hydrogens is 304 g/mol. The minimum absolute atomic E-state index is 0.159. The molecule has 2 aliphatic carbocycles. The molecule has 120 valence electrons. The maximum atomic E-state index is 12.7. The van der Waals surface area contributed by atoms with E-state index in [-0.39, 0.29) is 11.4 Å². The maximum Gasteiger partial charge on any atom is 0.271 e. The number of imide groups is 1. The van der Waals surface area contributed by atoms with Gasteiger partial charge in [0, 0.05) is 24.0 Å². The summed E-state index contributed by atoms with van der Waals surface area (Å²) < 4.78 is 0. The number of rotatable bonds is 2. The highest BCUT2D eigenvalue weighted by atomic mass is 16.6. The Kier molecular flexibility index (Phi) is 2.85. The molecule has 23 heavy (non-hydrogen) atoms. The van der Waals surface area contributed by atoms with Crippen molar-refractivity contribution in [1.82, 2.24) is 0 Å². The second kappa shape index (κ2) is 4.59. The number of aliphatic hydroxyl groups excluding tert-OH is 2. The van der Waals surface area contributed by atoms with E-state index >= 15 is 0 Å². The molecule has 3 fully saturated rings. The molecule has 2 bridgehead atoms. The number of hydrogen-bond acceptors (Lipinski definition) is 6. The lowest BCUT2D eigenvalue weighted by atomic mass is 9.78. The topological polar surface area (TPSA) is 121 Å². The fraction of sp³-hybridized carbons (Fsp3) is 0.467. The predicted octanol–water partition coefficient (Wildman–Crippen LogP) is 0.0719. The second-order valence-corrected chi connectivity index (χ2v) is 6.39. The summed E-state index contributed by atoms with van der Waals surface area (Å²) >= 11 is 0. The van der Waals surface area contributed by atoms with E-state index in [1.54, 1.807) is 0 Å². The molecule has 0 radical (unpaired) electrons. The van der Waals surface area contributed by atoms with Crippen LogP contribution in [0, 0.1) is 33.8 Å². The molecule has 3 aliphatic rings. The van der Waals surface area contributed by atoms with Gasteiger partial charge in [-0.25, -0.2) is 4.90 Å². The molecule has 1 saturated heterocycles. The van der Waals surface area contributed by atoms with Crippen LogP contribution in [0.15, 0.2) is 24.3 Å². The number of nitro benzene ring substituents is 1. The van der Waals surface area contributed by atoms with Gasteiger partial charge >= 0.3 is 0 Å². The van der Waals surface area contributed by atoms with Crippen molar-refractivity contribution in [2.75, 3.05) is 4.90 Å². The lowest BCUT2D eigenvalue weighted by Gasteiger charge is -2.29. The van der Waals surface area contributed by atoms with Gasteiger partial charge < -0.3 is 10.2 Å². The molecule has 6 atom stereocenters. The molecule has 2 saturated carbocycles. The molecule has 1 aliphatic heterocycles. The van der Waals surface area contributed by atoms with E-state index in [2.05, 4.69) is 0 Å². The van der Waals surface area contributed by atoms with Crippen molar-refractivity contribution in [2.24, 2.45) is 23.7 Å². The first-order valence-electron chi connectivity index (χ1n) is 7.40. The Balaban J connectivity index is 1.73. The number of benzene rings is 1. The molecule has 8 nitrogen and oxygen atoms in total. The molecule has 2 N–H and O–H groups in total. The molecule has 1 aromatic rings. The number of nitro groups is 1. The third kappa shape index (κ3) is 1.73. The van der Waals surface area contributed by atoms with Gasteiger partial charge in [-0.3, -0.25) is 19.7 Å². The minimum atomic E-state index is -0.997. The molecule has 4 rings (SSSR count). The molecule has 0 spiro atoms. The average Bonchev–Trinajstić information content (AvgIpc) is 3.12. The molecule has 1 aromatic carbocycles. The van der Waals surface area contributed by atoms with Crippen LogP contribution in [0.4, 0.5) is 11.4 Å². The molecular formula is C15H14N2O6. The van der Waals surface area contributed by atoms with Crippen molar-refractivity contribution in [3.05, 3.63) is 34.4 Å². The van der Waals surface area contributed by atoms with Crippen LogP contribution in [0.5, 0.6) is 0 Å². The van der Waals surface area contributed by atoms with Crippen LogP contribution >= 0.6 is 0 Å². The van der Waals surface area contributed by atoms with Crippen LogP contribution in [-0.2, 0) is 9.59 Å². The largest absolute Gasteiger partial charge is 0.390 e. The summed E-state index contributed by atoms with van der Waals surface area (Å²) in [6.45, 7) is 0. The Morgan fingerprint density at radius 1 is 1.09 bits per heavy atom. The van der Waals surface area contributed by atoms with Gasteiger partial charge in [-0.2, -0.15) is 0 Å². The van der Waals surface area contributed by atoms with Crippen LogP contribution in [0.2, 0.25) is 0 Å². The maximum absolute atomic E-state index is 12.7. The van der Waals surface area contributed by atoms with E-state index in [1.165, 1.54) is 24.3 Å². The molecule has 8 heteroatoms. The fourth-order valence-corrected chi connectivity index (χ4v) is 4.43. The van der Waals surface area contributed by atoms with E-state index < -0.39 is 52.6 Å². The number of nitrogens with zero attached hydrogens (tertiary/aromatic N) is 2. The lowest BCUT2D eigenvalue weighted by molar-refractivity contribution is -0.384. The summed E-state index contributed by atoms with van der Waals surface area (Å²) in [7, 11) is 0. The Morgan fingerprint density at radius 2 is 1.65 bits per heavy atom. The zero-order valence-corrected chi connectivity index (χ0v) is 11.9. The van der Waals surface area contributed by atoms with Gasteiger partial charge in [0.15, 0.2) is 0 Å². The molecule has 0 aromatic heterocycles. The van der Waals surface area contributed by atoms with E-state index in [9.17, 15) is 29.9 Å². The first-order valence-corrected chi connectivity index (χ1v) is 7.40. The van der Waals surface area contributed by atoms with Gasteiger partial charge in [-0.05, 0) is 12.5 Å². The average molecular weight is 318 g/mol. The fourth-order valence-electron chi connectivity index (χ4n) is 4.43. The van der Waals surface area contributed by atoms with Crippen LogP contribution in [0.25, 0.3) is 0 Å². The lowest BCUT2D eigenvalue weighted by Crippen LogP contribution is -2.43. The summed E-state index contributed by atoms with van der Waals surface area (Å²) in [6, 6.07) is 5.36.